The maximum Gasteiger partial charge on any atom is 0.186 e. The number of rotatable bonds is 11. The van der Waals surface area contributed by atoms with E-state index in [4.69, 9.17) is 9.47 Å². The first-order chi connectivity index (χ1) is 15.9. The van der Waals surface area contributed by atoms with Crippen LogP contribution in [-0.2, 0) is 22.3 Å². The number of aliphatic hydroxyl groups is 4. The third kappa shape index (κ3) is 7.40. The number of unbranched alkanes of at least 4 members (excludes halogenated alkanes) is 1. The largest absolute Gasteiger partial charge is 0.508 e. The predicted octanol–water partition coefficient (Wildman–Crippen LogP) is 1.63. The van der Waals surface area contributed by atoms with Crippen LogP contribution in [0.25, 0.3) is 0 Å². The molecule has 3 rings (SSSR count). The van der Waals surface area contributed by atoms with Gasteiger partial charge in [0.2, 0.25) is 0 Å². The van der Waals surface area contributed by atoms with Gasteiger partial charge < -0.3 is 40.1 Å². The highest BCUT2D eigenvalue weighted by molar-refractivity contribution is 5.26. The van der Waals surface area contributed by atoms with E-state index in [9.17, 15) is 30.6 Å². The van der Waals surface area contributed by atoms with E-state index in [2.05, 4.69) is 0 Å². The number of phenols is 2. The van der Waals surface area contributed by atoms with Crippen molar-refractivity contribution in [1.82, 2.24) is 0 Å². The van der Waals surface area contributed by atoms with E-state index in [1.807, 2.05) is 24.3 Å². The SMILES string of the molecule is OCC1OC(OC(CCCCc2ccc(O)cc2)CCc2ccc(O)cc2)C(O)C(O)C1O. The lowest BCUT2D eigenvalue weighted by Crippen LogP contribution is -2.59. The minimum Gasteiger partial charge on any atom is -0.508 e. The van der Waals surface area contributed by atoms with Gasteiger partial charge in [-0.05, 0) is 67.5 Å². The van der Waals surface area contributed by atoms with Gasteiger partial charge in [0, 0.05) is 0 Å². The van der Waals surface area contributed by atoms with Crippen LogP contribution in [0.3, 0.4) is 0 Å². The van der Waals surface area contributed by atoms with Crippen molar-refractivity contribution in [2.45, 2.75) is 75.3 Å². The first-order valence-corrected chi connectivity index (χ1v) is 11.4. The van der Waals surface area contributed by atoms with Gasteiger partial charge in [-0.15, -0.1) is 0 Å². The summed E-state index contributed by atoms with van der Waals surface area (Å²) in [6.07, 6.45) is -2.22. The molecule has 2 aromatic carbocycles. The Morgan fingerprint density at radius 2 is 1.30 bits per heavy atom. The second-order valence-electron chi connectivity index (χ2n) is 8.57. The van der Waals surface area contributed by atoms with E-state index < -0.39 is 37.3 Å². The summed E-state index contributed by atoms with van der Waals surface area (Å²) in [5, 5.41) is 58.7. The Kier molecular flexibility index (Phi) is 9.49. The van der Waals surface area contributed by atoms with Gasteiger partial charge in [0.25, 0.3) is 0 Å². The molecule has 0 amide bonds. The van der Waals surface area contributed by atoms with Gasteiger partial charge in [0.05, 0.1) is 12.7 Å². The minimum atomic E-state index is -1.48. The van der Waals surface area contributed by atoms with Gasteiger partial charge in [-0.3, -0.25) is 0 Å². The van der Waals surface area contributed by atoms with Crippen molar-refractivity contribution in [1.29, 1.82) is 0 Å². The Hall–Kier alpha value is -2.20. The molecule has 0 bridgehead atoms. The smallest absolute Gasteiger partial charge is 0.186 e. The van der Waals surface area contributed by atoms with Gasteiger partial charge >= 0.3 is 0 Å². The van der Waals surface area contributed by atoms with Crippen molar-refractivity contribution in [3.05, 3.63) is 59.7 Å². The fraction of sp³-hybridized carbons (Fsp3) is 0.520. The van der Waals surface area contributed by atoms with Crippen LogP contribution in [0.4, 0.5) is 0 Å². The van der Waals surface area contributed by atoms with Crippen molar-refractivity contribution in [3.8, 4) is 11.5 Å². The van der Waals surface area contributed by atoms with Crippen LogP contribution in [0, 0.1) is 0 Å². The molecule has 0 aliphatic carbocycles. The van der Waals surface area contributed by atoms with Crippen molar-refractivity contribution in [2.75, 3.05) is 6.61 Å². The van der Waals surface area contributed by atoms with E-state index >= 15 is 0 Å². The van der Waals surface area contributed by atoms with E-state index in [0.717, 1.165) is 30.4 Å². The highest BCUT2D eigenvalue weighted by Crippen LogP contribution is 2.26. The monoisotopic (exact) mass is 462 g/mol. The summed E-state index contributed by atoms with van der Waals surface area (Å²) in [6.45, 7) is -0.504. The highest BCUT2D eigenvalue weighted by Gasteiger charge is 2.44. The average Bonchev–Trinajstić information content (AvgIpc) is 2.82. The fourth-order valence-electron chi connectivity index (χ4n) is 4.00. The Balaban J connectivity index is 1.58. The number of ether oxygens (including phenoxy) is 2. The van der Waals surface area contributed by atoms with Crippen LogP contribution in [0.2, 0.25) is 0 Å². The van der Waals surface area contributed by atoms with Crippen LogP contribution >= 0.6 is 0 Å². The number of aromatic hydroxyl groups is 2. The molecule has 8 heteroatoms. The van der Waals surface area contributed by atoms with Crippen molar-refractivity contribution >= 4 is 0 Å². The highest BCUT2D eigenvalue weighted by atomic mass is 16.7. The molecule has 1 saturated heterocycles. The molecule has 0 saturated carbocycles. The summed E-state index contributed by atoms with van der Waals surface area (Å²) in [5.74, 6) is 0.433. The molecular formula is C25H34O8. The van der Waals surface area contributed by atoms with Crippen molar-refractivity contribution in [2.24, 2.45) is 0 Å². The van der Waals surface area contributed by atoms with Gasteiger partial charge in [0.15, 0.2) is 6.29 Å². The fourth-order valence-corrected chi connectivity index (χ4v) is 4.00. The Morgan fingerprint density at radius 3 is 1.88 bits per heavy atom. The van der Waals surface area contributed by atoms with Gasteiger partial charge in [-0.25, -0.2) is 0 Å². The quantitative estimate of drug-likeness (QED) is 0.277. The number of phenolic OH excluding ortho intramolecular Hbond substituents is 2. The zero-order valence-corrected chi connectivity index (χ0v) is 18.5. The number of aliphatic hydroxyl groups excluding tert-OH is 4. The van der Waals surface area contributed by atoms with Crippen LogP contribution < -0.4 is 0 Å². The molecule has 0 radical (unpaired) electrons. The van der Waals surface area contributed by atoms with E-state index in [1.165, 1.54) is 0 Å². The van der Waals surface area contributed by atoms with Crippen molar-refractivity contribution < 1.29 is 40.1 Å². The standard InChI is InChI=1S/C25H34O8/c26-15-21-22(29)23(30)24(31)25(33-21)32-20(14-9-17-7-12-19(28)13-8-17)4-2-1-3-16-5-10-18(27)11-6-16/h5-8,10-13,20-31H,1-4,9,14-15H2. The average molecular weight is 463 g/mol. The third-order valence-corrected chi connectivity index (χ3v) is 6.04. The molecule has 0 spiro atoms. The Morgan fingerprint density at radius 1 is 0.727 bits per heavy atom. The molecule has 1 aliphatic rings. The normalized spacial score (nSPS) is 26.2. The first-order valence-electron chi connectivity index (χ1n) is 11.4. The molecule has 6 atom stereocenters. The number of hydrogen-bond acceptors (Lipinski definition) is 8. The van der Waals surface area contributed by atoms with Gasteiger partial charge in [-0.1, -0.05) is 30.7 Å². The summed E-state index contributed by atoms with van der Waals surface area (Å²) in [7, 11) is 0. The molecule has 1 fully saturated rings. The van der Waals surface area contributed by atoms with E-state index in [0.29, 0.717) is 19.3 Å². The molecule has 6 unspecified atom stereocenters. The molecule has 8 nitrogen and oxygen atoms in total. The summed E-state index contributed by atoms with van der Waals surface area (Å²) < 4.78 is 11.6. The van der Waals surface area contributed by atoms with E-state index in [1.54, 1.807) is 24.3 Å². The first kappa shape index (κ1) is 25.4. The second kappa shape index (κ2) is 12.3. The zero-order valence-electron chi connectivity index (χ0n) is 18.5. The van der Waals surface area contributed by atoms with Gasteiger partial charge in [-0.2, -0.15) is 0 Å². The summed E-state index contributed by atoms with van der Waals surface area (Å²) >= 11 is 0. The summed E-state index contributed by atoms with van der Waals surface area (Å²) in [5.41, 5.74) is 2.16. The van der Waals surface area contributed by atoms with Crippen LogP contribution in [0.15, 0.2) is 48.5 Å². The maximum absolute atomic E-state index is 10.3. The predicted molar refractivity (Wildman–Crippen MR) is 121 cm³/mol. The lowest BCUT2D eigenvalue weighted by molar-refractivity contribution is -0.312. The summed E-state index contributed by atoms with van der Waals surface area (Å²) in [6, 6.07) is 14.0. The Bertz CT molecular complexity index is 823. The van der Waals surface area contributed by atoms with Crippen LogP contribution in [-0.4, -0.2) is 74.1 Å². The molecule has 1 aliphatic heterocycles. The van der Waals surface area contributed by atoms with Crippen molar-refractivity contribution in [3.63, 3.8) is 0 Å². The maximum atomic E-state index is 10.3. The van der Waals surface area contributed by atoms with Gasteiger partial charge in [0.1, 0.15) is 35.9 Å². The van der Waals surface area contributed by atoms with E-state index in [-0.39, 0.29) is 17.6 Å². The molecule has 6 N–H and O–H groups in total. The molecule has 182 valence electrons. The molecule has 1 heterocycles. The Labute approximate surface area is 193 Å². The third-order valence-electron chi connectivity index (χ3n) is 6.04. The minimum absolute atomic E-state index is 0.196. The number of hydrogen-bond donors (Lipinski definition) is 6. The van der Waals surface area contributed by atoms with Crippen LogP contribution in [0.1, 0.15) is 36.8 Å². The van der Waals surface area contributed by atoms with Crippen LogP contribution in [0.5, 0.6) is 11.5 Å². The number of benzene rings is 2. The lowest BCUT2D eigenvalue weighted by Gasteiger charge is -2.41. The summed E-state index contributed by atoms with van der Waals surface area (Å²) in [4.78, 5) is 0. The zero-order chi connectivity index (χ0) is 23.8. The topological polar surface area (TPSA) is 140 Å². The molecule has 2 aromatic rings. The number of aryl methyl sites for hydroxylation is 2. The molecule has 0 aromatic heterocycles. The molecular weight excluding hydrogens is 428 g/mol. The second-order valence-corrected chi connectivity index (χ2v) is 8.57. The molecule has 33 heavy (non-hydrogen) atoms. The lowest BCUT2D eigenvalue weighted by atomic mass is 9.98.